The molecular formula is C23H26N3O5+. The van der Waals surface area contributed by atoms with Crippen molar-refractivity contribution in [3.05, 3.63) is 53.3 Å². The summed E-state index contributed by atoms with van der Waals surface area (Å²) in [5, 5.41) is 12.2. The summed E-state index contributed by atoms with van der Waals surface area (Å²) in [7, 11) is 0. The fourth-order valence-corrected chi connectivity index (χ4v) is 3.22. The number of hydrogen-bond acceptors (Lipinski definition) is 6. The van der Waals surface area contributed by atoms with Crippen LogP contribution in [0.2, 0.25) is 0 Å². The molecule has 162 valence electrons. The van der Waals surface area contributed by atoms with E-state index >= 15 is 0 Å². The van der Waals surface area contributed by atoms with Crippen molar-refractivity contribution < 1.29 is 28.4 Å². The van der Waals surface area contributed by atoms with Crippen molar-refractivity contribution in [1.82, 2.24) is 5.32 Å². The van der Waals surface area contributed by atoms with E-state index in [1.807, 2.05) is 6.07 Å². The molecule has 3 rings (SSSR count). The normalized spacial score (nSPS) is 14.6. The highest BCUT2D eigenvalue weighted by Gasteiger charge is 2.15. The van der Waals surface area contributed by atoms with E-state index in [4.69, 9.17) is 13.9 Å². The summed E-state index contributed by atoms with van der Waals surface area (Å²) in [6.45, 7) is 6.67. The number of nitriles is 1. The molecule has 1 aliphatic rings. The second-order valence-electron chi connectivity index (χ2n) is 7.04. The smallest absolute Gasteiger partial charge is 0.338 e. The lowest BCUT2D eigenvalue weighted by Gasteiger charge is -2.23. The summed E-state index contributed by atoms with van der Waals surface area (Å²) >= 11 is 0. The molecule has 1 amide bonds. The van der Waals surface area contributed by atoms with Gasteiger partial charge in [0.1, 0.15) is 36.3 Å². The number of benzene rings is 1. The van der Waals surface area contributed by atoms with Crippen LogP contribution in [-0.2, 0) is 14.3 Å². The van der Waals surface area contributed by atoms with Gasteiger partial charge in [-0.25, -0.2) is 4.79 Å². The summed E-state index contributed by atoms with van der Waals surface area (Å²) in [4.78, 5) is 25.5. The molecule has 2 heterocycles. The SMILES string of the molecule is CCOC(=O)c1ccc(-c2ccc(/C=C(\C#N)C(=O)NCC[NH+]3CCOCC3)o2)cc1. The Morgan fingerprint density at radius 2 is 1.94 bits per heavy atom. The van der Waals surface area contributed by atoms with Gasteiger partial charge in [0.05, 0.1) is 38.5 Å². The molecule has 2 N–H and O–H groups in total. The molecule has 0 spiro atoms. The first-order chi connectivity index (χ1) is 15.1. The van der Waals surface area contributed by atoms with Gasteiger partial charge >= 0.3 is 5.97 Å². The lowest BCUT2D eigenvalue weighted by atomic mass is 10.1. The number of amides is 1. The molecule has 0 unspecified atom stereocenters. The van der Waals surface area contributed by atoms with Crippen molar-refractivity contribution in [2.24, 2.45) is 0 Å². The van der Waals surface area contributed by atoms with E-state index in [2.05, 4.69) is 5.32 Å². The van der Waals surface area contributed by atoms with Crippen molar-refractivity contribution in [3.8, 4) is 17.4 Å². The van der Waals surface area contributed by atoms with E-state index < -0.39 is 5.91 Å². The highest BCUT2D eigenvalue weighted by molar-refractivity contribution is 6.01. The molecule has 1 fully saturated rings. The van der Waals surface area contributed by atoms with Gasteiger partial charge in [0.15, 0.2) is 0 Å². The molecule has 2 aromatic rings. The van der Waals surface area contributed by atoms with Gasteiger partial charge in [-0.1, -0.05) is 12.1 Å². The van der Waals surface area contributed by atoms with Crippen LogP contribution >= 0.6 is 0 Å². The van der Waals surface area contributed by atoms with Crippen molar-refractivity contribution >= 4 is 18.0 Å². The van der Waals surface area contributed by atoms with Crippen LogP contribution in [0.15, 0.2) is 46.4 Å². The Morgan fingerprint density at radius 1 is 1.19 bits per heavy atom. The Morgan fingerprint density at radius 3 is 2.61 bits per heavy atom. The quantitative estimate of drug-likeness (QED) is 0.373. The molecule has 1 aliphatic heterocycles. The average molecular weight is 424 g/mol. The zero-order valence-corrected chi connectivity index (χ0v) is 17.5. The minimum atomic E-state index is -0.424. The second-order valence-corrected chi connectivity index (χ2v) is 7.04. The van der Waals surface area contributed by atoms with Gasteiger partial charge in [-0.2, -0.15) is 5.26 Å². The van der Waals surface area contributed by atoms with Crippen molar-refractivity contribution in [1.29, 1.82) is 5.26 Å². The van der Waals surface area contributed by atoms with E-state index in [9.17, 15) is 14.9 Å². The van der Waals surface area contributed by atoms with Crippen LogP contribution in [-0.4, -0.2) is 57.9 Å². The summed E-state index contributed by atoms with van der Waals surface area (Å²) < 4.78 is 16.0. The van der Waals surface area contributed by atoms with Crippen molar-refractivity contribution in [3.63, 3.8) is 0 Å². The number of furan rings is 1. The zero-order valence-electron chi connectivity index (χ0n) is 17.5. The number of nitrogens with one attached hydrogen (secondary N) is 2. The van der Waals surface area contributed by atoms with Crippen LogP contribution in [0.25, 0.3) is 17.4 Å². The van der Waals surface area contributed by atoms with Crippen molar-refractivity contribution in [2.45, 2.75) is 6.92 Å². The van der Waals surface area contributed by atoms with Gasteiger partial charge in [-0.15, -0.1) is 0 Å². The second kappa shape index (κ2) is 11.1. The first kappa shape index (κ1) is 22.3. The maximum Gasteiger partial charge on any atom is 0.338 e. The molecule has 0 aliphatic carbocycles. The molecule has 8 heteroatoms. The molecular weight excluding hydrogens is 398 g/mol. The molecule has 1 aromatic heterocycles. The molecule has 1 saturated heterocycles. The lowest BCUT2D eigenvalue weighted by molar-refractivity contribution is -0.906. The minimum Gasteiger partial charge on any atom is -0.462 e. The molecule has 8 nitrogen and oxygen atoms in total. The number of carbonyl (C=O) groups is 2. The maximum absolute atomic E-state index is 12.3. The van der Waals surface area contributed by atoms with Gasteiger partial charge in [0.2, 0.25) is 0 Å². The number of nitrogens with zero attached hydrogens (tertiary/aromatic N) is 1. The number of morpholine rings is 1. The fraction of sp³-hybridized carbons (Fsp3) is 0.348. The number of quaternary nitrogens is 1. The first-order valence-electron chi connectivity index (χ1n) is 10.3. The van der Waals surface area contributed by atoms with Crippen LogP contribution in [0, 0.1) is 11.3 Å². The molecule has 0 radical (unpaired) electrons. The Balaban J connectivity index is 1.60. The zero-order chi connectivity index (χ0) is 22.1. The summed E-state index contributed by atoms with van der Waals surface area (Å²) in [5.41, 5.74) is 1.21. The van der Waals surface area contributed by atoms with Gasteiger partial charge < -0.3 is 24.1 Å². The predicted octanol–water partition coefficient (Wildman–Crippen LogP) is 1.06. The Hall–Kier alpha value is -3.41. The Kier molecular flexibility index (Phi) is 7.98. The molecule has 0 saturated carbocycles. The molecule has 0 atom stereocenters. The Bertz CT molecular complexity index is 966. The van der Waals surface area contributed by atoms with Gasteiger partial charge in [-0.3, -0.25) is 4.79 Å². The fourth-order valence-electron chi connectivity index (χ4n) is 3.22. The van der Waals surface area contributed by atoms with Gasteiger partial charge in [-0.05, 0) is 31.2 Å². The van der Waals surface area contributed by atoms with Gasteiger partial charge in [0, 0.05) is 11.6 Å². The van der Waals surface area contributed by atoms with Crippen LogP contribution in [0.5, 0.6) is 0 Å². The first-order valence-corrected chi connectivity index (χ1v) is 10.3. The minimum absolute atomic E-state index is 0.0180. The largest absolute Gasteiger partial charge is 0.462 e. The highest BCUT2D eigenvalue weighted by atomic mass is 16.5. The topological polar surface area (TPSA) is 106 Å². The van der Waals surface area contributed by atoms with Crippen LogP contribution < -0.4 is 10.2 Å². The van der Waals surface area contributed by atoms with E-state index in [-0.39, 0.29) is 11.5 Å². The van der Waals surface area contributed by atoms with E-state index in [1.165, 1.54) is 11.0 Å². The van der Waals surface area contributed by atoms with E-state index in [1.54, 1.807) is 43.3 Å². The number of rotatable bonds is 8. The van der Waals surface area contributed by atoms with E-state index in [0.717, 1.165) is 38.4 Å². The summed E-state index contributed by atoms with van der Waals surface area (Å²) in [6.07, 6.45) is 1.42. The third kappa shape index (κ3) is 6.28. The van der Waals surface area contributed by atoms with E-state index in [0.29, 0.717) is 30.2 Å². The van der Waals surface area contributed by atoms with Crippen molar-refractivity contribution in [2.75, 3.05) is 46.0 Å². The van der Waals surface area contributed by atoms with Gasteiger partial charge in [0.25, 0.3) is 5.91 Å². The number of carbonyl (C=O) groups excluding carboxylic acids is 2. The Labute approximate surface area is 181 Å². The molecule has 0 bridgehead atoms. The maximum atomic E-state index is 12.3. The van der Waals surface area contributed by atoms with Crippen LogP contribution in [0.1, 0.15) is 23.0 Å². The number of ether oxygens (including phenoxy) is 2. The van der Waals surface area contributed by atoms with Crippen LogP contribution in [0.4, 0.5) is 0 Å². The highest BCUT2D eigenvalue weighted by Crippen LogP contribution is 2.24. The molecule has 1 aromatic carbocycles. The molecule has 31 heavy (non-hydrogen) atoms. The van der Waals surface area contributed by atoms with Crippen LogP contribution in [0.3, 0.4) is 0 Å². The average Bonchev–Trinajstić information content (AvgIpc) is 3.27. The number of hydrogen-bond donors (Lipinski definition) is 2. The predicted molar refractivity (Wildman–Crippen MR) is 113 cm³/mol. The third-order valence-corrected chi connectivity index (χ3v) is 4.92. The third-order valence-electron chi connectivity index (χ3n) is 4.92. The monoisotopic (exact) mass is 424 g/mol. The number of esters is 1. The lowest BCUT2D eigenvalue weighted by Crippen LogP contribution is -3.14. The standard InChI is InChI=1S/C23H25N3O5/c1-2-30-23(28)18-5-3-17(4-6-18)21-8-7-20(31-21)15-19(16-24)22(27)25-9-10-26-11-13-29-14-12-26/h3-8,15H,2,9-14H2,1H3,(H,25,27)/p+1/b19-15+. The summed E-state index contributed by atoms with van der Waals surface area (Å²) in [6, 6.07) is 12.2. The summed E-state index contributed by atoms with van der Waals surface area (Å²) in [5.74, 6) is 0.161.